The first-order valence-corrected chi connectivity index (χ1v) is 7.06. The molecule has 0 aromatic heterocycles. The summed E-state index contributed by atoms with van der Waals surface area (Å²) in [5.41, 5.74) is 4.07. The van der Waals surface area contributed by atoms with Gasteiger partial charge in [-0.2, -0.15) is 0 Å². The summed E-state index contributed by atoms with van der Waals surface area (Å²) < 4.78 is 0. The molecule has 0 saturated heterocycles. The van der Waals surface area contributed by atoms with Crippen molar-refractivity contribution < 1.29 is 4.79 Å². The summed E-state index contributed by atoms with van der Waals surface area (Å²) in [6, 6.07) is 15.8. The van der Waals surface area contributed by atoms with Crippen molar-refractivity contribution in [3.05, 3.63) is 54.1 Å². The number of nitrogens with zero attached hydrogens (tertiary/aromatic N) is 1. The Balaban J connectivity index is 1.73. The zero-order chi connectivity index (χ0) is 14.8. The average molecular weight is 281 g/mol. The molecule has 1 amide bonds. The molecule has 1 aliphatic rings. The summed E-state index contributed by atoms with van der Waals surface area (Å²) in [6.07, 6.45) is 0. The van der Waals surface area contributed by atoms with E-state index in [1.807, 2.05) is 67.5 Å². The number of hydrogen-bond donors (Lipinski definition) is 2. The monoisotopic (exact) mass is 281 g/mol. The highest BCUT2D eigenvalue weighted by Crippen LogP contribution is 2.31. The van der Waals surface area contributed by atoms with Crippen LogP contribution < -0.4 is 15.5 Å². The van der Waals surface area contributed by atoms with Gasteiger partial charge in [0.05, 0.1) is 5.92 Å². The van der Waals surface area contributed by atoms with Gasteiger partial charge in [-0.1, -0.05) is 18.2 Å². The molecule has 21 heavy (non-hydrogen) atoms. The summed E-state index contributed by atoms with van der Waals surface area (Å²) in [4.78, 5) is 14.5. The van der Waals surface area contributed by atoms with Crippen LogP contribution in [0.3, 0.4) is 0 Å². The third-order valence-corrected chi connectivity index (χ3v) is 3.80. The first-order chi connectivity index (χ1) is 10.1. The van der Waals surface area contributed by atoms with Crippen LogP contribution in [0.4, 0.5) is 17.1 Å². The highest BCUT2D eigenvalue weighted by atomic mass is 16.1. The van der Waals surface area contributed by atoms with E-state index >= 15 is 0 Å². The van der Waals surface area contributed by atoms with Crippen molar-refractivity contribution in [3.63, 3.8) is 0 Å². The fourth-order valence-corrected chi connectivity index (χ4v) is 2.59. The lowest BCUT2D eigenvalue weighted by Gasteiger charge is -2.14. The lowest BCUT2D eigenvalue weighted by Crippen LogP contribution is -2.22. The molecular weight excluding hydrogens is 262 g/mol. The van der Waals surface area contributed by atoms with Crippen LogP contribution in [0.1, 0.15) is 11.5 Å². The topological polar surface area (TPSA) is 44.4 Å². The minimum absolute atomic E-state index is 0.0325. The third-order valence-electron chi connectivity index (χ3n) is 3.80. The summed E-state index contributed by atoms with van der Waals surface area (Å²) in [5.74, 6) is -0.0974. The Morgan fingerprint density at radius 3 is 2.57 bits per heavy atom. The number of hydrogen-bond acceptors (Lipinski definition) is 3. The van der Waals surface area contributed by atoms with Gasteiger partial charge in [-0.15, -0.1) is 0 Å². The van der Waals surface area contributed by atoms with E-state index in [2.05, 4.69) is 10.6 Å². The second kappa shape index (κ2) is 5.48. The summed E-state index contributed by atoms with van der Waals surface area (Å²) in [5, 5.41) is 6.27. The molecule has 2 N–H and O–H groups in total. The van der Waals surface area contributed by atoms with Crippen molar-refractivity contribution in [2.45, 2.75) is 5.92 Å². The normalized spacial score (nSPS) is 16.0. The average Bonchev–Trinajstić information content (AvgIpc) is 2.92. The molecule has 3 rings (SSSR count). The molecule has 1 atom stereocenters. The molecule has 4 nitrogen and oxygen atoms in total. The summed E-state index contributed by atoms with van der Waals surface area (Å²) in [7, 11) is 3.99. The van der Waals surface area contributed by atoms with Gasteiger partial charge in [0, 0.05) is 37.7 Å². The van der Waals surface area contributed by atoms with E-state index in [0.29, 0.717) is 6.54 Å². The van der Waals surface area contributed by atoms with Crippen molar-refractivity contribution in [2.24, 2.45) is 0 Å². The van der Waals surface area contributed by atoms with E-state index in [4.69, 9.17) is 0 Å². The Hall–Kier alpha value is -2.49. The van der Waals surface area contributed by atoms with Crippen molar-refractivity contribution in [1.29, 1.82) is 0 Å². The van der Waals surface area contributed by atoms with Gasteiger partial charge in [-0.05, 0) is 35.9 Å². The Kier molecular flexibility index (Phi) is 3.52. The van der Waals surface area contributed by atoms with Crippen LogP contribution in [0.25, 0.3) is 0 Å². The van der Waals surface area contributed by atoms with Gasteiger partial charge >= 0.3 is 0 Å². The predicted molar refractivity (Wildman–Crippen MR) is 87.1 cm³/mol. The number of amides is 1. The van der Waals surface area contributed by atoms with E-state index in [-0.39, 0.29) is 11.8 Å². The minimum atomic E-state index is -0.130. The van der Waals surface area contributed by atoms with E-state index in [9.17, 15) is 4.79 Å². The van der Waals surface area contributed by atoms with Crippen LogP contribution in [0.2, 0.25) is 0 Å². The smallest absolute Gasteiger partial charge is 0.233 e. The quantitative estimate of drug-likeness (QED) is 0.909. The van der Waals surface area contributed by atoms with Gasteiger partial charge < -0.3 is 15.5 Å². The maximum absolute atomic E-state index is 12.4. The molecule has 0 bridgehead atoms. The molecule has 0 radical (unpaired) electrons. The molecule has 0 spiro atoms. The van der Waals surface area contributed by atoms with E-state index in [1.54, 1.807) is 0 Å². The number of carbonyl (C=O) groups is 1. The van der Waals surface area contributed by atoms with Gasteiger partial charge in [0.25, 0.3) is 0 Å². The minimum Gasteiger partial charge on any atom is -0.384 e. The Bertz CT molecular complexity index is 649. The maximum Gasteiger partial charge on any atom is 0.233 e. The van der Waals surface area contributed by atoms with Crippen molar-refractivity contribution >= 4 is 23.0 Å². The summed E-state index contributed by atoms with van der Waals surface area (Å²) in [6.45, 7) is 0.654. The van der Waals surface area contributed by atoms with Crippen LogP contribution in [-0.2, 0) is 4.79 Å². The van der Waals surface area contributed by atoms with Gasteiger partial charge in [-0.3, -0.25) is 4.79 Å². The third kappa shape index (κ3) is 2.70. The summed E-state index contributed by atoms with van der Waals surface area (Å²) >= 11 is 0. The van der Waals surface area contributed by atoms with Crippen molar-refractivity contribution in [3.8, 4) is 0 Å². The molecular formula is C17H19N3O. The number of nitrogens with one attached hydrogen (secondary N) is 2. The fraction of sp³-hybridized carbons (Fsp3) is 0.235. The highest BCUT2D eigenvalue weighted by Gasteiger charge is 2.27. The zero-order valence-electron chi connectivity index (χ0n) is 12.3. The lowest BCUT2D eigenvalue weighted by molar-refractivity contribution is -0.117. The van der Waals surface area contributed by atoms with E-state index in [0.717, 1.165) is 22.6 Å². The number of anilines is 3. The Morgan fingerprint density at radius 2 is 1.86 bits per heavy atom. The van der Waals surface area contributed by atoms with Gasteiger partial charge in [0.2, 0.25) is 5.91 Å². The number of para-hydroxylation sites is 1. The maximum atomic E-state index is 12.4. The number of benzene rings is 2. The molecule has 1 aliphatic heterocycles. The largest absolute Gasteiger partial charge is 0.384 e. The fourth-order valence-electron chi connectivity index (χ4n) is 2.59. The van der Waals surface area contributed by atoms with Crippen molar-refractivity contribution in [1.82, 2.24) is 0 Å². The SMILES string of the molecule is CN(C)c1ccc(NC(=O)C2CNc3ccccc32)cc1. The van der Waals surface area contributed by atoms with Crippen LogP contribution >= 0.6 is 0 Å². The van der Waals surface area contributed by atoms with Crippen LogP contribution in [0.15, 0.2) is 48.5 Å². The molecule has 1 heterocycles. The molecule has 2 aromatic rings. The van der Waals surface area contributed by atoms with Gasteiger partial charge in [0.15, 0.2) is 0 Å². The molecule has 1 unspecified atom stereocenters. The van der Waals surface area contributed by atoms with Crippen LogP contribution in [0.5, 0.6) is 0 Å². The van der Waals surface area contributed by atoms with E-state index < -0.39 is 0 Å². The first-order valence-electron chi connectivity index (χ1n) is 7.06. The van der Waals surface area contributed by atoms with Crippen LogP contribution in [0, 0.1) is 0 Å². The van der Waals surface area contributed by atoms with Gasteiger partial charge in [0.1, 0.15) is 0 Å². The Morgan fingerprint density at radius 1 is 1.14 bits per heavy atom. The first kappa shape index (κ1) is 13.5. The number of rotatable bonds is 3. The predicted octanol–water partition coefficient (Wildman–Crippen LogP) is 2.90. The highest BCUT2D eigenvalue weighted by molar-refractivity contribution is 5.98. The number of carbonyl (C=O) groups excluding carboxylic acids is 1. The molecule has 0 aliphatic carbocycles. The molecule has 4 heteroatoms. The van der Waals surface area contributed by atoms with Crippen molar-refractivity contribution in [2.75, 3.05) is 36.2 Å². The molecule has 0 fully saturated rings. The van der Waals surface area contributed by atoms with Crippen LogP contribution in [-0.4, -0.2) is 26.5 Å². The van der Waals surface area contributed by atoms with Gasteiger partial charge in [-0.25, -0.2) is 0 Å². The van der Waals surface area contributed by atoms with E-state index in [1.165, 1.54) is 0 Å². The molecule has 0 saturated carbocycles. The second-order valence-corrected chi connectivity index (χ2v) is 5.45. The standard InChI is InChI=1S/C17H19N3O/c1-20(2)13-9-7-12(8-10-13)19-17(21)15-11-18-16-6-4-3-5-14(15)16/h3-10,15,18H,11H2,1-2H3,(H,19,21). The Labute approximate surface area is 124 Å². The lowest BCUT2D eigenvalue weighted by atomic mass is 10.0. The zero-order valence-corrected chi connectivity index (χ0v) is 12.3. The molecule has 108 valence electrons. The number of fused-ring (bicyclic) bond motifs is 1. The molecule has 2 aromatic carbocycles. The second-order valence-electron chi connectivity index (χ2n) is 5.45.